The molecule has 0 bridgehead atoms. The summed E-state index contributed by atoms with van der Waals surface area (Å²) in [6.45, 7) is 2.36. The second-order valence-electron chi connectivity index (χ2n) is 9.66. The van der Waals surface area contributed by atoms with Crippen LogP contribution in [0.3, 0.4) is 0 Å². The molecule has 2 heterocycles. The number of amides is 3. The summed E-state index contributed by atoms with van der Waals surface area (Å²) in [4.78, 5) is 53.9. The lowest BCUT2D eigenvalue weighted by atomic mass is 9.76. The number of anilines is 2. The van der Waals surface area contributed by atoms with Crippen LogP contribution < -0.4 is 19.3 Å². The Morgan fingerprint density at radius 3 is 2.17 bits per heavy atom. The number of nitrogens with zero attached hydrogens (tertiary/aromatic N) is 2. The van der Waals surface area contributed by atoms with Crippen LogP contribution in [0.5, 0.6) is 11.5 Å². The first-order chi connectivity index (χ1) is 16.9. The average Bonchev–Trinajstić information content (AvgIpc) is 3.37. The zero-order valence-corrected chi connectivity index (χ0v) is 19.8. The van der Waals surface area contributed by atoms with Gasteiger partial charge in [0.2, 0.25) is 17.7 Å². The predicted octanol–water partition coefficient (Wildman–Crippen LogP) is 3.58. The molecule has 3 fully saturated rings. The van der Waals surface area contributed by atoms with Gasteiger partial charge in [0.1, 0.15) is 11.5 Å². The Kier molecular flexibility index (Phi) is 6.05. The van der Waals surface area contributed by atoms with Gasteiger partial charge in [0.25, 0.3) is 0 Å². The first-order valence-corrected chi connectivity index (χ1v) is 12.0. The SMILES string of the molecule is COc1ccc(N2C[C@H](C(=O)Oc3ccc(N4C(=O)[C@H]5C[C@@H](C)CC[C@H]5C4=O)cc3)CC2=O)cc1. The summed E-state index contributed by atoms with van der Waals surface area (Å²) in [5.41, 5.74) is 1.19. The molecule has 0 radical (unpaired) electrons. The van der Waals surface area contributed by atoms with Crippen LogP contribution in [-0.2, 0) is 19.2 Å². The third kappa shape index (κ3) is 4.29. The van der Waals surface area contributed by atoms with Crippen LogP contribution in [-0.4, -0.2) is 37.3 Å². The van der Waals surface area contributed by atoms with E-state index in [0.717, 1.165) is 19.3 Å². The van der Waals surface area contributed by atoms with Gasteiger partial charge in [-0.3, -0.25) is 24.1 Å². The van der Waals surface area contributed by atoms with Crippen molar-refractivity contribution in [2.45, 2.75) is 32.6 Å². The average molecular weight is 477 g/mol. The largest absolute Gasteiger partial charge is 0.497 e. The summed E-state index contributed by atoms with van der Waals surface area (Å²) in [5, 5.41) is 0. The molecule has 35 heavy (non-hydrogen) atoms. The summed E-state index contributed by atoms with van der Waals surface area (Å²) < 4.78 is 10.7. The van der Waals surface area contributed by atoms with Crippen molar-refractivity contribution in [1.29, 1.82) is 0 Å². The molecule has 4 atom stereocenters. The summed E-state index contributed by atoms with van der Waals surface area (Å²) in [7, 11) is 1.57. The highest BCUT2D eigenvalue weighted by Crippen LogP contribution is 2.42. The zero-order valence-electron chi connectivity index (χ0n) is 19.8. The summed E-state index contributed by atoms with van der Waals surface area (Å²) >= 11 is 0. The topological polar surface area (TPSA) is 93.2 Å². The molecule has 0 aromatic heterocycles. The second kappa shape index (κ2) is 9.17. The summed E-state index contributed by atoms with van der Waals surface area (Å²) in [6.07, 6.45) is 2.52. The van der Waals surface area contributed by atoms with E-state index in [1.54, 1.807) is 60.5 Å². The number of fused-ring (bicyclic) bond motifs is 1. The van der Waals surface area contributed by atoms with Gasteiger partial charge in [0.05, 0.1) is 30.6 Å². The number of rotatable bonds is 5. The van der Waals surface area contributed by atoms with Crippen molar-refractivity contribution in [2.75, 3.05) is 23.5 Å². The van der Waals surface area contributed by atoms with Gasteiger partial charge in [-0.05, 0) is 73.7 Å². The smallest absolute Gasteiger partial charge is 0.316 e. The molecule has 3 amide bonds. The number of carbonyl (C=O) groups is 4. The number of imide groups is 1. The Bertz CT molecular complexity index is 1160. The normalized spacial score (nSPS) is 26.2. The van der Waals surface area contributed by atoms with E-state index >= 15 is 0 Å². The van der Waals surface area contributed by atoms with Crippen molar-refractivity contribution in [1.82, 2.24) is 0 Å². The first kappa shape index (κ1) is 23.1. The van der Waals surface area contributed by atoms with Gasteiger partial charge in [-0.25, -0.2) is 0 Å². The molecule has 1 aliphatic carbocycles. The number of benzene rings is 2. The Morgan fingerprint density at radius 1 is 0.857 bits per heavy atom. The van der Waals surface area contributed by atoms with Crippen molar-refractivity contribution < 1.29 is 28.7 Å². The van der Waals surface area contributed by atoms with Crippen LogP contribution in [0.15, 0.2) is 48.5 Å². The van der Waals surface area contributed by atoms with Crippen molar-refractivity contribution in [2.24, 2.45) is 23.7 Å². The third-order valence-corrected chi connectivity index (χ3v) is 7.34. The summed E-state index contributed by atoms with van der Waals surface area (Å²) in [5.74, 6) is -0.537. The van der Waals surface area contributed by atoms with E-state index in [4.69, 9.17) is 9.47 Å². The number of hydrogen-bond donors (Lipinski definition) is 0. The molecular formula is C27H28N2O6. The lowest BCUT2D eigenvalue weighted by Crippen LogP contribution is -2.30. The van der Waals surface area contributed by atoms with Gasteiger partial charge in [0.15, 0.2) is 0 Å². The maximum Gasteiger partial charge on any atom is 0.316 e. The molecular weight excluding hydrogens is 448 g/mol. The molecule has 182 valence electrons. The molecule has 2 saturated heterocycles. The maximum atomic E-state index is 12.9. The lowest BCUT2D eigenvalue weighted by Gasteiger charge is -2.25. The number of hydrogen-bond acceptors (Lipinski definition) is 6. The van der Waals surface area contributed by atoms with E-state index in [2.05, 4.69) is 6.92 Å². The highest BCUT2D eigenvalue weighted by Gasteiger charge is 2.50. The molecule has 1 saturated carbocycles. The van der Waals surface area contributed by atoms with Crippen molar-refractivity contribution >= 4 is 35.1 Å². The van der Waals surface area contributed by atoms with E-state index in [0.29, 0.717) is 28.8 Å². The molecule has 3 aliphatic rings. The van der Waals surface area contributed by atoms with Gasteiger partial charge >= 0.3 is 5.97 Å². The fraction of sp³-hybridized carbons (Fsp3) is 0.407. The third-order valence-electron chi connectivity index (χ3n) is 7.34. The molecule has 0 spiro atoms. The highest BCUT2D eigenvalue weighted by molar-refractivity contribution is 6.22. The van der Waals surface area contributed by atoms with Gasteiger partial charge in [-0.2, -0.15) is 0 Å². The minimum atomic E-state index is -0.587. The lowest BCUT2D eigenvalue weighted by molar-refractivity contribution is -0.139. The standard InChI is InChI=1S/C27H28N2O6/c1-16-3-12-22-23(13-16)26(32)29(25(22)31)19-6-10-21(11-7-19)35-27(33)17-14-24(30)28(15-17)18-4-8-20(34-2)9-5-18/h4-11,16-17,22-23H,3,12-15H2,1-2H3/t16-,17+,22+,23-/m0/s1. The van der Waals surface area contributed by atoms with Crippen molar-refractivity contribution in [3.8, 4) is 11.5 Å². The van der Waals surface area contributed by atoms with Crippen LogP contribution in [0.2, 0.25) is 0 Å². The van der Waals surface area contributed by atoms with Gasteiger partial charge in [-0.15, -0.1) is 0 Å². The van der Waals surface area contributed by atoms with Crippen LogP contribution in [0, 0.1) is 23.7 Å². The van der Waals surface area contributed by atoms with Crippen LogP contribution in [0.1, 0.15) is 32.6 Å². The second-order valence-corrected chi connectivity index (χ2v) is 9.66. The van der Waals surface area contributed by atoms with Gasteiger partial charge in [-0.1, -0.05) is 6.92 Å². The van der Waals surface area contributed by atoms with Crippen molar-refractivity contribution in [3.63, 3.8) is 0 Å². The van der Waals surface area contributed by atoms with E-state index in [-0.39, 0.29) is 42.5 Å². The number of methoxy groups -OCH3 is 1. The fourth-order valence-corrected chi connectivity index (χ4v) is 5.38. The maximum absolute atomic E-state index is 12.9. The minimum Gasteiger partial charge on any atom is -0.497 e. The zero-order chi connectivity index (χ0) is 24.7. The molecule has 2 aromatic rings. The summed E-state index contributed by atoms with van der Waals surface area (Å²) in [6, 6.07) is 13.5. The molecule has 2 aromatic carbocycles. The van der Waals surface area contributed by atoms with E-state index in [9.17, 15) is 19.2 Å². The fourth-order valence-electron chi connectivity index (χ4n) is 5.38. The molecule has 2 aliphatic heterocycles. The monoisotopic (exact) mass is 476 g/mol. The minimum absolute atomic E-state index is 0.0704. The van der Waals surface area contributed by atoms with Crippen LogP contribution >= 0.6 is 0 Å². The van der Waals surface area contributed by atoms with Crippen LogP contribution in [0.4, 0.5) is 11.4 Å². The number of carbonyl (C=O) groups excluding carboxylic acids is 4. The Morgan fingerprint density at radius 2 is 1.49 bits per heavy atom. The highest BCUT2D eigenvalue weighted by atomic mass is 16.5. The quantitative estimate of drug-likeness (QED) is 0.372. The molecule has 8 heteroatoms. The van der Waals surface area contributed by atoms with Gasteiger partial charge in [0, 0.05) is 18.7 Å². The predicted molar refractivity (Wildman–Crippen MR) is 128 cm³/mol. The number of ether oxygens (including phenoxy) is 2. The first-order valence-electron chi connectivity index (χ1n) is 12.0. The number of esters is 1. The van der Waals surface area contributed by atoms with E-state index < -0.39 is 11.9 Å². The van der Waals surface area contributed by atoms with E-state index in [1.807, 2.05) is 0 Å². The molecule has 8 nitrogen and oxygen atoms in total. The Balaban J connectivity index is 1.23. The van der Waals surface area contributed by atoms with Crippen LogP contribution in [0.25, 0.3) is 0 Å². The Hall–Kier alpha value is -3.68. The Labute approximate surface area is 203 Å². The van der Waals surface area contributed by atoms with Gasteiger partial charge < -0.3 is 14.4 Å². The molecule has 0 N–H and O–H groups in total. The van der Waals surface area contributed by atoms with E-state index in [1.165, 1.54) is 4.90 Å². The molecule has 5 rings (SSSR count). The van der Waals surface area contributed by atoms with Crippen molar-refractivity contribution in [3.05, 3.63) is 48.5 Å². The molecule has 0 unspecified atom stereocenters.